The molecule has 0 saturated carbocycles. The van der Waals surface area contributed by atoms with Gasteiger partial charge in [0.15, 0.2) is 0 Å². The standard InChI is InChI=1S/C18H18Cl2N2O3/c19-11-8-12(20)10-13(9-11)21-16(23)6-3-7-22-17(24)14-4-1-2-5-15(14)18(22)25/h1-2,8-10,14-15H,3-7H2,(H,21,23)/t14-,15-/m1/s1. The van der Waals surface area contributed by atoms with Gasteiger partial charge in [-0.2, -0.15) is 0 Å². The lowest BCUT2D eigenvalue weighted by Gasteiger charge is -2.14. The Labute approximate surface area is 156 Å². The van der Waals surface area contributed by atoms with Crippen LogP contribution < -0.4 is 5.32 Å². The van der Waals surface area contributed by atoms with E-state index in [1.54, 1.807) is 18.2 Å². The molecule has 3 rings (SSSR count). The number of imide groups is 1. The van der Waals surface area contributed by atoms with E-state index in [9.17, 15) is 14.4 Å². The van der Waals surface area contributed by atoms with Crippen molar-refractivity contribution in [2.75, 3.05) is 11.9 Å². The molecule has 5 nitrogen and oxygen atoms in total. The molecular formula is C18H18Cl2N2O3. The third kappa shape index (κ3) is 4.05. The summed E-state index contributed by atoms with van der Waals surface area (Å²) in [4.78, 5) is 38.0. The molecule has 1 aliphatic heterocycles. The molecule has 0 aromatic heterocycles. The summed E-state index contributed by atoms with van der Waals surface area (Å²) in [5.74, 6) is -0.876. The Morgan fingerprint density at radius 2 is 1.60 bits per heavy atom. The number of allylic oxidation sites excluding steroid dienone is 2. The minimum Gasteiger partial charge on any atom is -0.326 e. The van der Waals surface area contributed by atoms with Crippen LogP contribution in [0.5, 0.6) is 0 Å². The highest BCUT2D eigenvalue weighted by Crippen LogP contribution is 2.35. The van der Waals surface area contributed by atoms with Gasteiger partial charge in [-0.05, 0) is 37.5 Å². The van der Waals surface area contributed by atoms with E-state index in [0.717, 1.165) is 0 Å². The number of carbonyl (C=O) groups is 3. The van der Waals surface area contributed by atoms with E-state index in [0.29, 0.717) is 35.0 Å². The van der Waals surface area contributed by atoms with Crippen LogP contribution in [0.25, 0.3) is 0 Å². The molecule has 1 aromatic rings. The summed E-state index contributed by atoms with van der Waals surface area (Å²) in [5, 5.41) is 3.59. The van der Waals surface area contributed by atoms with Crippen LogP contribution in [0.3, 0.4) is 0 Å². The fourth-order valence-electron chi connectivity index (χ4n) is 3.34. The zero-order valence-electron chi connectivity index (χ0n) is 13.5. The highest BCUT2D eigenvalue weighted by atomic mass is 35.5. The van der Waals surface area contributed by atoms with Crippen LogP contribution in [-0.4, -0.2) is 29.2 Å². The van der Waals surface area contributed by atoms with E-state index in [1.165, 1.54) is 4.90 Å². The summed E-state index contributed by atoms with van der Waals surface area (Å²) in [6, 6.07) is 4.80. The quantitative estimate of drug-likeness (QED) is 0.625. The molecule has 1 aliphatic carbocycles. The molecule has 3 amide bonds. The van der Waals surface area contributed by atoms with Crippen molar-refractivity contribution in [2.45, 2.75) is 25.7 Å². The Hall–Kier alpha value is -1.85. The van der Waals surface area contributed by atoms with E-state index in [4.69, 9.17) is 23.2 Å². The maximum atomic E-state index is 12.3. The summed E-state index contributed by atoms with van der Waals surface area (Å²) in [6.45, 7) is 0.272. The number of amides is 3. The minimum absolute atomic E-state index is 0.110. The number of nitrogens with zero attached hydrogens (tertiary/aromatic N) is 1. The van der Waals surface area contributed by atoms with E-state index in [1.807, 2.05) is 12.2 Å². The SMILES string of the molecule is O=C(CCCN1C(=O)[C@@H]2CC=CC[C@H]2C1=O)Nc1cc(Cl)cc(Cl)c1. The van der Waals surface area contributed by atoms with Crippen molar-refractivity contribution in [1.29, 1.82) is 0 Å². The van der Waals surface area contributed by atoms with Gasteiger partial charge in [0, 0.05) is 28.7 Å². The average molecular weight is 381 g/mol. The van der Waals surface area contributed by atoms with Crippen LogP contribution in [0.2, 0.25) is 10.0 Å². The Bertz CT molecular complexity index is 702. The van der Waals surface area contributed by atoms with Gasteiger partial charge in [0.05, 0.1) is 11.8 Å². The largest absolute Gasteiger partial charge is 0.326 e. The normalized spacial score (nSPS) is 22.2. The van der Waals surface area contributed by atoms with Gasteiger partial charge in [-0.25, -0.2) is 0 Å². The number of hydrogen-bond acceptors (Lipinski definition) is 3. The lowest BCUT2D eigenvalue weighted by Crippen LogP contribution is -2.32. The highest BCUT2D eigenvalue weighted by molar-refractivity contribution is 6.35. The van der Waals surface area contributed by atoms with Gasteiger partial charge in [-0.15, -0.1) is 0 Å². The number of carbonyl (C=O) groups excluding carboxylic acids is 3. The van der Waals surface area contributed by atoms with Crippen molar-refractivity contribution >= 4 is 46.6 Å². The molecule has 1 N–H and O–H groups in total. The summed E-state index contributed by atoms with van der Waals surface area (Å²) in [6.07, 6.45) is 5.79. The predicted molar refractivity (Wildman–Crippen MR) is 96.4 cm³/mol. The molecule has 2 atom stereocenters. The zero-order chi connectivity index (χ0) is 18.0. The summed E-state index contributed by atoms with van der Waals surface area (Å²) < 4.78 is 0. The first-order chi connectivity index (χ1) is 12.0. The van der Waals surface area contributed by atoms with E-state index >= 15 is 0 Å². The van der Waals surface area contributed by atoms with Crippen LogP contribution in [-0.2, 0) is 14.4 Å². The van der Waals surface area contributed by atoms with Gasteiger partial charge >= 0.3 is 0 Å². The Balaban J connectivity index is 1.50. The molecule has 1 heterocycles. The fourth-order valence-corrected chi connectivity index (χ4v) is 3.86. The molecule has 2 aliphatic rings. The van der Waals surface area contributed by atoms with E-state index in [-0.39, 0.29) is 42.5 Å². The van der Waals surface area contributed by atoms with E-state index in [2.05, 4.69) is 5.32 Å². The highest BCUT2D eigenvalue weighted by Gasteiger charge is 2.46. The van der Waals surface area contributed by atoms with Crippen LogP contribution >= 0.6 is 23.2 Å². The Kier molecular flexibility index (Phi) is 5.45. The van der Waals surface area contributed by atoms with Crippen LogP contribution in [0.4, 0.5) is 5.69 Å². The minimum atomic E-state index is -0.222. The van der Waals surface area contributed by atoms with Gasteiger partial charge in [-0.1, -0.05) is 35.4 Å². The predicted octanol–water partition coefficient (Wildman–Crippen LogP) is 3.66. The second kappa shape index (κ2) is 7.58. The number of hydrogen-bond donors (Lipinski definition) is 1. The maximum absolute atomic E-state index is 12.3. The molecule has 132 valence electrons. The lowest BCUT2D eigenvalue weighted by molar-refractivity contribution is -0.140. The summed E-state index contributed by atoms with van der Waals surface area (Å²) in [7, 11) is 0. The molecule has 25 heavy (non-hydrogen) atoms. The molecule has 1 fully saturated rings. The van der Waals surface area contributed by atoms with Crippen molar-refractivity contribution in [1.82, 2.24) is 4.90 Å². The Morgan fingerprint density at radius 1 is 1.04 bits per heavy atom. The molecule has 7 heteroatoms. The van der Waals surface area contributed by atoms with Crippen molar-refractivity contribution in [3.05, 3.63) is 40.4 Å². The second-order valence-corrected chi connectivity index (χ2v) is 7.17. The first-order valence-corrected chi connectivity index (χ1v) is 8.97. The average Bonchev–Trinajstić information content (AvgIpc) is 2.79. The smallest absolute Gasteiger partial charge is 0.233 e. The molecular weight excluding hydrogens is 363 g/mol. The first kappa shape index (κ1) is 18.0. The molecule has 1 aromatic carbocycles. The third-order valence-corrected chi connectivity index (χ3v) is 4.97. The topological polar surface area (TPSA) is 66.5 Å². The lowest BCUT2D eigenvalue weighted by atomic mass is 9.85. The van der Waals surface area contributed by atoms with Gasteiger partial charge < -0.3 is 5.32 Å². The monoisotopic (exact) mass is 380 g/mol. The third-order valence-electron chi connectivity index (χ3n) is 4.53. The number of halogens is 2. The van der Waals surface area contributed by atoms with Crippen molar-refractivity contribution < 1.29 is 14.4 Å². The van der Waals surface area contributed by atoms with Crippen LogP contribution in [0, 0.1) is 11.8 Å². The maximum Gasteiger partial charge on any atom is 0.233 e. The zero-order valence-corrected chi connectivity index (χ0v) is 15.0. The molecule has 1 saturated heterocycles. The molecule has 0 bridgehead atoms. The molecule has 0 unspecified atom stereocenters. The molecule has 0 spiro atoms. The van der Waals surface area contributed by atoms with Gasteiger partial charge in [0.1, 0.15) is 0 Å². The number of anilines is 1. The summed E-state index contributed by atoms with van der Waals surface area (Å²) >= 11 is 11.8. The number of fused-ring (bicyclic) bond motifs is 1. The van der Waals surface area contributed by atoms with Gasteiger partial charge in [0.2, 0.25) is 17.7 Å². The number of rotatable bonds is 5. The second-order valence-electron chi connectivity index (χ2n) is 6.29. The Morgan fingerprint density at radius 3 is 2.16 bits per heavy atom. The van der Waals surface area contributed by atoms with Gasteiger partial charge in [0.25, 0.3) is 0 Å². The first-order valence-electron chi connectivity index (χ1n) is 8.22. The van der Waals surface area contributed by atoms with E-state index < -0.39 is 0 Å². The summed E-state index contributed by atoms with van der Waals surface area (Å²) in [5.41, 5.74) is 0.521. The number of likely N-dealkylation sites (tertiary alicyclic amines) is 1. The number of benzene rings is 1. The van der Waals surface area contributed by atoms with Crippen LogP contribution in [0.15, 0.2) is 30.4 Å². The van der Waals surface area contributed by atoms with Crippen LogP contribution in [0.1, 0.15) is 25.7 Å². The molecule has 0 radical (unpaired) electrons. The van der Waals surface area contributed by atoms with Crippen molar-refractivity contribution in [3.63, 3.8) is 0 Å². The van der Waals surface area contributed by atoms with Crippen molar-refractivity contribution in [3.8, 4) is 0 Å². The van der Waals surface area contributed by atoms with Gasteiger partial charge in [-0.3, -0.25) is 19.3 Å². The van der Waals surface area contributed by atoms with Crippen molar-refractivity contribution in [2.24, 2.45) is 11.8 Å². The number of nitrogens with one attached hydrogen (secondary N) is 1. The fraction of sp³-hybridized carbons (Fsp3) is 0.389.